The standard InChI is InChI=1S/C51H46/c1-28-30(3)34(7)48-46(32(28)5)50(39-23-22-38-26-37-18-12-13-19-40(37)45(38)27-39)47-33(6)29(2)31(4)35(8)49(47)51(48)44-25-24-41(36-16-10-9-11-17-36)42-20-14-15-21-43(42)44/h9-21,24-25,27H,22-23,26H2,1-8H3. The van der Waals surface area contributed by atoms with E-state index in [4.69, 9.17) is 0 Å². The van der Waals surface area contributed by atoms with Crippen molar-refractivity contribution in [3.63, 3.8) is 0 Å². The van der Waals surface area contributed by atoms with Gasteiger partial charge in [0.2, 0.25) is 0 Å². The molecule has 0 fully saturated rings. The molecular formula is C51H46. The van der Waals surface area contributed by atoms with Crippen LogP contribution in [0.5, 0.6) is 0 Å². The van der Waals surface area contributed by atoms with Crippen LogP contribution in [0.15, 0.2) is 103 Å². The number of hydrogen-bond acceptors (Lipinski definition) is 0. The van der Waals surface area contributed by atoms with Crippen LogP contribution in [0.3, 0.4) is 0 Å². The molecule has 0 spiro atoms. The second-order valence-electron chi connectivity index (χ2n) is 15.3. The minimum atomic E-state index is 1.07. The minimum Gasteiger partial charge on any atom is -0.0622 e. The molecule has 0 unspecified atom stereocenters. The van der Waals surface area contributed by atoms with E-state index in [1.807, 2.05) is 0 Å². The van der Waals surface area contributed by atoms with Gasteiger partial charge in [0.15, 0.2) is 0 Å². The van der Waals surface area contributed by atoms with Crippen LogP contribution in [-0.2, 0) is 6.42 Å². The van der Waals surface area contributed by atoms with Gasteiger partial charge in [-0.1, -0.05) is 103 Å². The highest BCUT2D eigenvalue weighted by molar-refractivity contribution is 6.25. The molecule has 0 aromatic heterocycles. The average Bonchev–Trinajstić information content (AvgIpc) is 3.54. The fraction of sp³-hybridized carbons (Fsp3) is 0.216. The third kappa shape index (κ3) is 4.52. The number of rotatable bonds is 3. The summed E-state index contributed by atoms with van der Waals surface area (Å²) in [6.07, 6.45) is 5.88. The third-order valence-corrected chi connectivity index (χ3v) is 13.1. The molecule has 7 aromatic carbocycles. The summed E-state index contributed by atoms with van der Waals surface area (Å²) in [6, 6.07) is 33.8. The zero-order chi connectivity index (χ0) is 35.3. The molecular weight excluding hydrogens is 613 g/mol. The molecule has 250 valence electrons. The number of fused-ring (bicyclic) bond motifs is 5. The van der Waals surface area contributed by atoms with Gasteiger partial charge in [-0.2, -0.15) is 0 Å². The average molecular weight is 659 g/mol. The maximum atomic E-state index is 2.59. The largest absolute Gasteiger partial charge is 0.0622 e. The first-order valence-electron chi connectivity index (χ1n) is 18.7. The van der Waals surface area contributed by atoms with Crippen molar-refractivity contribution in [1.82, 2.24) is 0 Å². The lowest BCUT2D eigenvalue weighted by Gasteiger charge is -2.29. The molecule has 7 aromatic rings. The molecule has 0 amide bonds. The second-order valence-corrected chi connectivity index (χ2v) is 15.3. The molecule has 0 heterocycles. The summed E-state index contributed by atoms with van der Waals surface area (Å²) in [5.41, 5.74) is 25.5. The Kier molecular flexibility index (Phi) is 7.27. The van der Waals surface area contributed by atoms with E-state index in [0.717, 1.165) is 19.3 Å². The van der Waals surface area contributed by atoms with E-state index in [0.29, 0.717) is 0 Å². The first-order chi connectivity index (χ1) is 24.7. The van der Waals surface area contributed by atoms with Gasteiger partial charge in [0.05, 0.1) is 0 Å². The molecule has 9 rings (SSSR count). The SMILES string of the molecule is Cc1c(C)c(C)c2c(-c3ccc(-c4ccccc4)c4ccccc34)c3c(C)c(C)c(C)c(C)c3c(C3=CC4=C(CC3)Cc3ccccc34)c2c1C. The van der Waals surface area contributed by atoms with E-state index in [9.17, 15) is 0 Å². The fourth-order valence-corrected chi connectivity index (χ4v) is 9.69. The molecule has 0 saturated carbocycles. The quantitative estimate of drug-likeness (QED) is 0.166. The summed E-state index contributed by atoms with van der Waals surface area (Å²) in [7, 11) is 0. The lowest BCUT2D eigenvalue weighted by molar-refractivity contribution is 0.949. The van der Waals surface area contributed by atoms with Gasteiger partial charge < -0.3 is 0 Å². The van der Waals surface area contributed by atoms with Crippen LogP contribution >= 0.6 is 0 Å². The predicted octanol–water partition coefficient (Wildman–Crippen LogP) is 14.1. The summed E-state index contributed by atoms with van der Waals surface area (Å²) in [5, 5.41) is 8.36. The normalized spacial score (nSPS) is 14.1. The van der Waals surface area contributed by atoms with Crippen molar-refractivity contribution in [2.75, 3.05) is 0 Å². The fourth-order valence-electron chi connectivity index (χ4n) is 9.69. The maximum Gasteiger partial charge on any atom is -0.00144 e. The number of aryl methyl sites for hydroxylation is 4. The Bertz CT molecular complexity index is 2630. The van der Waals surface area contributed by atoms with Crippen molar-refractivity contribution < 1.29 is 0 Å². The van der Waals surface area contributed by atoms with Crippen LogP contribution in [0.1, 0.15) is 74.0 Å². The smallest absolute Gasteiger partial charge is 0.00144 e. The number of benzene rings is 7. The molecule has 0 radical (unpaired) electrons. The molecule has 0 aliphatic heterocycles. The van der Waals surface area contributed by atoms with Crippen molar-refractivity contribution in [2.45, 2.75) is 74.7 Å². The molecule has 2 aliphatic carbocycles. The predicted molar refractivity (Wildman–Crippen MR) is 222 cm³/mol. The van der Waals surface area contributed by atoms with Crippen molar-refractivity contribution in [3.05, 3.63) is 164 Å². The van der Waals surface area contributed by atoms with E-state index in [1.165, 1.54) is 127 Å². The Morgan fingerprint density at radius 3 is 1.49 bits per heavy atom. The number of allylic oxidation sites excluding steroid dienone is 4. The Morgan fingerprint density at radius 1 is 0.392 bits per heavy atom. The highest BCUT2D eigenvalue weighted by Gasteiger charge is 2.30. The second kappa shape index (κ2) is 11.7. The zero-order valence-electron chi connectivity index (χ0n) is 31.4. The Balaban J connectivity index is 1.49. The van der Waals surface area contributed by atoms with Gasteiger partial charge in [-0.15, -0.1) is 0 Å². The summed E-state index contributed by atoms with van der Waals surface area (Å²) < 4.78 is 0. The monoisotopic (exact) mass is 658 g/mol. The summed E-state index contributed by atoms with van der Waals surface area (Å²) in [4.78, 5) is 0. The molecule has 0 N–H and O–H groups in total. The van der Waals surface area contributed by atoms with Crippen molar-refractivity contribution in [3.8, 4) is 22.3 Å². The molecule has 2 aliphatic rings. The lowest BCUT2D eigenvalue weighted by Crippen LogP contribution is -2.06. The lowest BCUT2D eigenvalue weighted by atomic mass is 9.74. The van der Waals surface area contributed by atoms with Crippen LogP contribution in [0.4, 0.5) is 0 Å². The summed E-state index contributed by atoms with van der Waals surface area (Å²) in [6.45, 7) is 18.9. The molecule has 0 atom stereocenters. The van der Waals surface area contributed by atoms with Crippen molar-refractivity contribution in [2.24, 2.45) is 0 Å². The molecule has 0 heteroatoms. The van der Waals surface area contributed by atoms with Crippen LogP contribution in [0, 0.1) is 55.4 Å². The van der Waals surface area contributed by atoms with Gasteiger partial charge in [-0.25, -0.2) is 0 Å². The van der Waals surface area contributed by atoms with Crippen molar-refractivity contribution >= 4 is 43.5 Å². The van der Waals surface area contributed by atoms with E-state index in [1.54, 1.807) is 5.57 Å². The minimum absolute atomic E-state index is 1.07. The first-order valence-corrected chi connectivity index (χ1v) is 18.7. The van der Waals surface area contributed by atoms with Crippen LogP contribution in [-0.4, -0.2) is 0 Å². The van der Waals surface area contributed by atoms with E-state index < -0.39 is 0 Å². The highest BCUT2D eigenvalue weighted by atomic mass is 14.3. The zero-order valence-corrected chi connectivity index (χ0v) is 31.4. The van der Waals surface area contributed by atoms with Crippen molar-refractivity contribution in [1.29, 1.82) is 0 Å². The van der Waals surface area contributed by atoms with E-state index in [2.05, 4.69) is 152 Å². The third-order valence-electron chi connectivity index (χ3n) is 13.1. The van der Waals surface area contributed by atoms with Gasteiger partial charge in [-0.3, -0.25) is 0 Å². The highest BCUT2D eigenvalue weighted by Crippen LogP contribution is 2.53. The van der Waals surface area contributed by atoms with E-state index in [-0.39, 0.29) is 0 Å². The van der Waals surface area contributed by atoms with Gasteiger partial charge >= 0.3 is 0 Å². The first kappa shape index (κ1) is 31.8. The van der Waals surface area contributed by atoms with Crippen LogP contribution in [0.2, 0.25) is 0 Å². The molecule has 0 nitrogen and oxygen atoms in total. The maximum absolute atomic E-state index is 2.59. The van der Waals surface area contributed by atoms with Gasteiger partial charge in [0.25, 0.3) is 0 Å². The molecule has 0 bridgehead atoms. The Morgan fingerprint density at radius 2 is 0.882 bits per heavy atom. The molecule has 0 saturated heterocycles. The Labute approximate surface area is 303 Å². The Hall–Kier alpha value is -5.20. The topological polar surface area (TPSA) is 0 Å². The summed E-state index contributed by atoms with van der Waals surface area (Å²) in [5.74, 6) is 0. The van der Waals surface area contributed by atoms with Gasteiger partial charge in [-0.05, 0) is 202 Å². The number of hydrogen-bond donors (Lipinski definition) is 0. The van der Waals surface area contributed by atoms with Gasteiger partial charge in [0, 0.05) is 0 Å². The van der Waals surface area contributed by atoms with Crippen LogP contribution < -0.4 is 0 Å². The van der Waals surface area contributed by atoms with Crippen LogP contribution in [0.25, 0.3) is 65.7 Å². The van der Waals surface area contributed by atoms with Gasteiger partial charge in [0.1, 0.15) is 0 Å². The summed E-state index contributed by atoms with van der Waals surface area (Å²) >= 11 is 0. The molecule has 51 heavy (non-hydrogen) atoms. The van der Waals surface area contributed by atoms with E-state index >= 15 is 0 Å².